The molecule has 0 spiro atoms. The summed E-state index contributed by atoms with van der Waals surface area (Å²) < 4.78 is 0. The summed E-state index contributed by atoms with van der Waals surface area (Å²) in [6.07, 6.45) is 2.33. The second-order valence-electron chi connectivity index (χ2n) is 5.25. The van der Waals surface area contributed by atoms with Gasteiger partial charge in [-0.05, 0) is 37.5 Å². The van der Waals surface area contributed by atoms with E-state index >= 15 is 0 Å². The highest BCUT2D eigenvalue weighted by atomic mass is 32.1. The first-order chi connectivity index (χ1) is 9.17. The van der Waals surface area contributed by atoms with E-state index in [2.05, 4.69) is 68.6 Å². The minimum atomic E-state index is 0.261. The SMILES string of the molecule is CCC(C)(CC)NCc1ccc(-c2ccccc2)s1. The molecule has 0 amide bonds. The average Bonchev–Trinajstić information content (AvgIpc) is 2.95. The van der Waals surface area contributed by atoms with Gasteiger partial charge in [-0.2, -0.15) is 0 Å². The van der Waals surface area contributed by atoms with Gasteiger partial charge in [-0.25, -0.2) is 0 Å². The molecular formula is C17H23NS. The fourth-order valence-electron chi connectivity index (χ4n) is 2.03. The molecule has 0 radical (unpaired) electrons. The number of nitrogens with one attached hydrogen (secondary N) is 1. The first-order valence-corrected chi connectivity index (χ1v) is 7.87. The van der Waals surface area contributed by atoms with Gasteiger partial charge in [0.15, 0.2) is 0 Å². The smallest absolute Gasteiger partial charge is 0.0346 e. The lowest BCUT2D eigenvalue weighted by Crippen LogP contribution is -2.40. The Labute approximate surface area is 120 Å². The Balaban J connectivity index is 2.02. The zero-order valence-electron chi connectivity index (χ0n) is 12.1. The lowest BCUT2D eigenvalue weighted by molar-refractivity contribution is 0.330. The van der Waals surface area contributed by atoms with Gasteiger partial charge in [-0.1, -0.05) is 44.2 Å². The molecule has 102 valence electrons. The van der Waals surface area contributed by atoms with Crippen molar-refractivity contribution < 1.29 is 0 Å². The molecule has 1 N–H and O–H groups in total. The third-order valence-corrected chi connectivity index (χ3v) is 5.10. The molecule has 0 atom stereocenters. The molecule has 2 rings (SSSR count). The van der Waals surface area contributed by atoms with E-state index in [1.165, 1.54) is 28.2 Å². The highest BCUT2D eigenvalue weighted by molar-refractivity contribution is 7.15. The Morgan fingerprint density at radius 1 is 1.00 bits per heavy atom. The normalized spacial score (nSPS) is 11.7. The van der Waals surface area contributed by atoms with Crippen LogP contribution in [-0.4, -0.2) is 5.54 Å². The molecule has 1 heterocycles. The van der Waals surface area contributed by atoms with Gasteiger partial charge >= 0.3 is 0 Å². The average molecular weight is 273 g/mol. The van der Waals surface area contributed by atoms with E-state index in [-0.39, 0.29) is 5.54 Å². The number of rotatable bonds is 6. The molecule has 0 fully saturated rings. The lowest BCUT2D eigenvalue weighted by atomic mass is 9.96. The molecule has 19 heavy (non-hydrogen) atoms. The van der Waals surface area contributed by atoms with Crippen molar-refractivity contribution in [1.82, 2.24) is 5.32 Å². The zero-order chi connectivity index (χ0) is 13.7. The van der Waals surface area contributed by atoms with Crippen LogP contribution in [0.5, 0.6) is 0 Å². The molecule has 0 aliphatic rings. The monoisotopic (exact) mass is 273 g/mol. The third kappa shape index (κ3) is 3.68. The van der Waals surface area contributed by atoms with E-state index in [0.29, 0.717) is 0 Å². The van der Waals surface area contributed by atoms with Gasteiger partial charge in [0.2, 0.25) is 0 Å². The van der Waals surface area contributed by atoms with Gasteiger partial charge in [0, 0.05) is 21.8 Å². The van der Waals surface area contributed by atoms with Gasteiger partial charge in [-0.15, -0.1) is 11.3 Å². The summed E-state index contributed by atoms with van der Waals surface area (Å²) in [5, 5.41) is 3.69. The molecule has 0 aliphatic heterocycles. The van der Waals surface area contributed by atoms with Gasteiger partial charge in [0.1, 0.15) is 0 Å². The van der Waals surface area contributed by atoms with Crippen LogP contribution in [0.3, 0.4) is 0 Å². The Bertz CT molecular complexity index is 497. The summed E-state index contributed by atoms with van der Waals surface area (Å²) in [6.45, 7) is 7.77. The summed E-state index contributed by atoms with van der Waals surface area (Å²) in [7, 11) is 0. The second kappa shape index (κ2) is 6.36. The molecule has 1 aromatic heterocycles. The van der Waals surface area contributed by atoms with Crippen molar-refractivity contribution in [3.05, 3.63) is 47.3 Å². The Kier molecular flexibility index (Phi) is 4.78. The van der Waals surface area contributed by atoms with Crippen molar-refractivity contribution in [3.8, 4) is 10.4 Å². The van der Waals surface area contributed by atoms with Crippen LogP contribution in [0, 0.1) is 0 Å². The van der Waals surface area contributed by atoms with E-state index in [1.807, 2.05) is 11.3 Å². The van der Waals surface area contributed by atoms with Crippen LogP contribution in [0.25, 0.3) is 10.4 Å². The second-order valence-corrected chi connectivity index (χ2v) is 6.42. The molecular weight excluding hydrogens is 250 g/mol. The maximum absolute atomic E-state index is 3.69. The van der Waals surface area contributed by atoms with Crippen LogP contribution in [-0.2, 0) is 6.54 Å². The van der Waals surface area contributed by atoms with Gasteiger partial charge < -0.3 is 5.32 Å². The van der Waals surface area contributed by atoms with E-state index in [0.717, 1.165) is 6.54 Å². The van der Waals surface area contributed by atoms with Crippen LogP contribution in [0.2, 0.25) is 0 Å². The zero-order valence-corrected chi connectivity index (χ0v) is 12.9. The van der Waals surface area contributed by atoms with Gasteiger partial charge in [-0.3, -0.25) is 0 Å². The summed E-state index contributed by atoms with van der Waals surface area (Å²) in [6, 6.07) is 15.1. The van der Waals surface area contributed by atoms with Crippen LogP contribution in [0.4, 0.5) is 0 Å². The first-order valence-electron chi connectivity index (χ1n) is 7.06. The van der Waals surface area contributed by atoms with Gasteiger partial charge in [0.25, 0.3) is 0 Å². The minimum absolute atomic E-state index is 0.261. The highest BCUT2D eigenvalue weighted by Gasteiger charge is 2.18. The number of thiophene rings is 1. The summed E-state index contributed by atoms with van der Waals surface area (Å²) >= 11 is 1.89. The van der Waals surface area contributed by atoms with Crippen molar-refractivity contribution in [2.24, 2.45) is 0 Å². The number of hydrogen-bond acceptors (Lipinski definition) is 2. The summed E-state index contributed by atoms with van der Waals surface area (Å²) in [4.78, 5) is 2.76. The molecule has 0 saturated carbocycles. The third-order valence-electron chi connectivity index (χ3n) is 3.97. The van der Waals surface area contributed by atoms with Crippen LogP contribution < -0.4 is 5.32 Å². The van der Waals surface area contributed by atoms with Crippen molar-refractivity contribution in [2.45, 2.75) is 45.7 Å². The molecule has 0 bridgehead atoms. The van der Waals surface area contributed by atoms with Crippen molar-refractivity contribution >= 4 is 11.3 Å². The highest BCUT2D eigenvalue weighted by Crippen LogP contribution is 2.28. The van der Waals surface area contributed by atoms with E-state index < -0.39 is 0 Å². The number of benzene rings is 1. The Morgan fingerprint density at radius 2 is 1.68 bits per heavy atom. The molecule has 2 aromatic rings. The predicted octanol–water partition coefficient (Wildman–Crippen LogP) is 5.08. The van der Waals surface area contributed by atoms with Gasteiger partial charge in [0.05, 0.1) is 0 Å². The lowest BCUT2D eigenvalue weighted by Gasteiger charge is -2.28. The topological polar surface area (TPSA) is 12.0 Å². The molecule has 1 nitrogen and oxygen atoms in total. The Hall–Kier alpha value is -1.12. The fraction of sp³-hybridized carbons (Fsp3) is 0.412. The standard InChI is InChI=1S/C17H23NS/c1-4-17(3,5-2)18-13-15-11-12-16(19-15)14-9-7-6-8-10-14/h6-12,18H,4-5,13H2,1-3H3. The van der Waals surface area contributed by atoms with E-state index in [4.69, 9.17) is 0 Å². The summed E-state index contributed by atoms with van der Waals surface area (Å²) in [5.41, 5.74) is 1.57. The maximum atomic E-state index is 3.69. The molecule has 0 unspecified atom stereocenters. The molecule has 0 aliphatic carbocycles. The van der Waals surface area contributed by atoms with Crippen molar-refractivity contribution in [3.63, 3.8) is 0 Å². The fourth-order valence-corrected chi connectivity index (χ4v) is 2.98. The maximum Gasteiger partial charge on any atom is 0.0346 e. The molecule has 1 aromatic carbocycles. The van der Waals surface area contributed by atoms with E-state index in [9.17, 15) is 0 Å². The summed E-state index contributed by atoms with van der Waals surface area (Å²) in [5.74, 6) is 0. The van der Waals surface area contributed by atoms with Crippen molar-refractivity contribution in [1.29, 1.82) is 0 Å². The minimum Gasteiger partial charge on any atom is -0.307 e. The van der Waals surface area contributed by atoms with Crippen LogP contribution in [0.15, 0.2) is 42.5 Å². The first kappa shape index (κ1) is 14.3. The quantitative estimate of drug-likeness (QED) is 0.773. The van der Waals surface area contributed by atoms with Crippen LogP contribution in [0.1, 0.15) is 38.5 Å². The number of hydrogen-bond donors (Lipinski definition) is 1. The van der Waals surface area contributed by atoms with Crippen molar-refractivity contribution in [2.75, 3.05) is 0 Å². The molecule has 0 saturated heterocycles. The molecule has 2 heteroatoms. The van der Waals surface area contributed by atoms with E-state index in [1.54, 1.807) is 0 Å². The van der Waals surface area contributed by atoms with Crippen LogP contribution >= 0.6 is 11.3 Å². The Morgan fingerprint density at radius 3 is 2.32 bits per heavy atom. The predicted molar refractivity (Wildman–Crippen MR) is 85.6 cm³/mol. The largest absolute Gasteiger partial charge is 0.307 e.